The molecule has 2 bridgehead atoms. The number of carbonyl (C=O) groups is 2. The van der Waals surface area contributed by atoms with E-state index >= 15 is 0 Å². The Hall–Kier alpha value is -2.04. The summed E-state index contributed by atoms with van der Waals surface area (Å²) >= 11 is 0. The van der Waals surface area contributed by atoms with Gasteiger partial charge in [0.25, 0.3) is 0 Å². The van der Waals surface area contributed by atoms with Crippen molar-refractivity contribution in [3.63, 3.8) is 0 Å². The number of ketones is 1. The van der Waals surface area contributed by atoms with E-state index in [1.165, 1.54) is 0 Å². The average molecular weight is 332 g/mol. The van der Waals surface area contributed by atoms with Gasteiger partial charge in [0.05, 0.1) is 20.1 Å². The fourth-order valence-electron chi connectivity index (χ4n) is 3.93. The number of hydrogen-bond donors (Lipinski definition) is 0. The molecule has 2 saturated carbocycles. The van der Waals surface area contributed by atoms with E-state index in [1.807, 2.05) is 6.07 Å². The molecule has 2 aliphatic carbocycles. The second-order valence-electron chi connectivity index (χ2n) is 6.68. The van der Waals surface area contributed by atoms with Gasteiger partial charge in [-0.25, -0.2) is 0 Å². The number of ether oxygens (including phenoxy) is 3. The SMILES string of the molecule is COc1ccc(OC)c(COC(=O)C2C[C@H]3CCC[C@@H](C2)C3=O)c1. The lowest BCUT2D eigenvalue weighted by atomic mass is 9.67. The van der Waals surface area contributed by atoms with Crippen molar-refractivity contribution >= 4 is 11.8 Å². The largest absolute Gasteiger partial charge is 0.497 e. The van der Waals surface area contributed by atoms with Crippen molar-refractivity contribution in [3.05, 3.63) is 23.8 Å². The van der Waals surface area contributed by atoms with Crippen LogP contribution in [0, 0.1) is 17.8 Å². The number of rotatable bonds is 5. The maximum Gasteiger partial charge on any atom is 0.309 e. The zero-order chi connectivity index (χ0) is 17.1. The molecule has 0 amide bonds. The molecule has 0 radical (unpaired) electrons. The predicted molar refractivity (Wildman–Crippen MR) is 87.9 cm³/mol. The molecule has 0 aliphatic heterocycles. The van der Waals surface area contributed by atoms with E-state index in [2.05, 4.69) is 0 Å². The van der Waals surface area contributed by atoms with E-state index in [9.17, 15) is 9.59 Å². The number of esters is 1. The van der Waals surface area contributed by atoms with Gasteiger partial charge in [0.15, 0.2) is 0 Å². The summed E-state index contributed by atoms with van der Waals surface area (Å²) in [5.41, 5.74) is 0.775. The van der Waals surface area contributed by atoms with Crippen LogP contribution in [0.5, 0.6) is 11.5 Å². The van der Waals surface area contributed by atoms with Crippen LogP contribution in [0.2, 0.25) is 0 Å². The molecule has 5 heteroatoms. The Kier molecular flexibility index (Phi) is 5.07. The zero-order valence-corrected chi connectivity index (χ0v) is 14.2. The summed E-state index contributed by atoms with van der Waals surface area (Å²) in [5, 5.41) is 0. The lowest BCUT2D eigenvalue weighted by Crippen LogP contribution is -2.39. The number of hydrogen-bond acceptors (Lipinski definition) is 5. The summed E-state index contributed by atoms with van der Waals surface area (Å²) in [6, 6.07) is 5.41. The molecule has 1 unspecified atom stereocenters. The number of benzene rings is 1. The van der Waals surface area contributed by atoms with Crippen molar-refractivity contribution in [2.24, 2.45) is 17.8 Å². The van der Waals surface area contributed by atoms with Crippen LogP contribution in [-0.2, 0) is 20.9 Å². The highest BCUT2D eigenvalue weighted by Gasteiger charge is 2.41. The third kappa shape index (κ3) is 3.40. The molecule has 3 rings (SSSR count). The Morgan fingerprint density at radius 2 is 1.83 bits per heavy atom. The molecule has 2 fully saturated rings. The summed E-state index contributed by atoms with van der Waals surface area (Å²) < 4.78 is 16.0. The third-order valence-electron chi connectivity index (χ3n) is 5.24. The first-order chi connectivity index (χ1) is 11.6. The third-order valence-corrected chi connectivity index (χ3v) is 5.24. The first kappa shape index (κ1) is 16.8. The maximum absolute atomic E-state index is 12.5. The molecule has 0 heterocycles. The molecule has 1 aromatic rings. The standard InChI is InChI=1S/C19H24O5/c1-22-16-6-7-17(23-2)15(10-16)11-24-19(21)14-8-12-4-3-5-13(9-14)18(12)20/h6-7,10,12-14H,3-5,8-9,11H2,1-2H3/t12-,13+,14?. The molecule has 1 aromatic carbocycles. The van der Waals surface area contributed by atoms with Crippen LogP contribution in [0.4, 0.5) is 0 Å². The average Bonchev–Trinajstić information content (AvgIpc) is 2.59. The summed E-state index contributed by atoms with van der Waals surface area (Å²) in [6.45, 7) is 0.152. The van der Waals surface area contributed by atoms with Crippen molar-refractivity contribution in [2.75, 3.05) is 14.2 Å². The first-order valence-corrected chi connectivity index (χ1v) is 8.53. The number of fused-ring (bicyclic) bond motifs is 2. The van der Waals surface area contributed by atoms with Crippen LogP contribution in [0.1, 0.15) is 37.7 Å². The highest BCUT2D eigenvalue weighted by Crippen LogP contribution is 2.40. The zero-order valence-electron chi connectivity index (χ0n) is 14.2. The monoisotopic (exact) mass is 332 g/mol. The Morgan fingerprint density at radius 3 is 2.46 bits per heavy atom. The molecule has 2 aliphatic rings. The molecule has 0 saturated heterocycles. The van der Waals surface area contributed by atoms with Crippen LogP contribution in [-0.4, -0.2) is 26.0 Å². The van der Waals surface area contributed by atoms with Crippen molar-refractivity contribution in [1.29, 1.82) is 0 Å². The van der Waals surface area contributed by atoms with Crippen LogP contribution in [0.15, 0.2) is 18.2 Å². The smallest absolute Gasteiger partial charge is 0.309 e. The minimum absolute atomic E-state index is 0.0569. The van der Waals surface area contributed by atoms with Crippen LogP contribution in [0.3, 0.4) is 0 Å². The van der Waals surface area contributed by atoms with Gasteiger partial charge in [-0.15, -0.1) is 0 Å². The maximum atomic E-state index is 12.5. The van der Waals surface area contributed by atoms with E-state index in [0.717, 1.165) is 24.8 Å². The Balaban J connectivity index is 1.63. The lowest BCUT2D eigenvalue weighted by Gasteiger charge is -2.36. The molecule has 0 N–H and O–H groups in total. The summed E-state index contributed by atoms with van der Waals surface area (Å²) in [5.74, 6) is 1.47. The van der Waals surface area contributed by atoms with Gasteiger partial charge in [-0.1, -0.05) is 6.42 Å². The normalized spacial score (nSPS) is 25.9. The fraction of sp³-hybridized carbons (Fsp3) is 0.579. The fourth-order valence-corrected chi connectivity index (χ4v) is 3.93. The van der Waals surface area contributed by atoms with Gasteiger partial charge < -0.3 is 14.2 Å². The highest BCUT2D eigenvalue weighted by atomic mass is 16.5. The van der Waals surface area contributed by atoms with Crippen molar-refractivity contribution in [2.45, 2.75) is 38.7 Å². The quantitative estimate of drug-likeness (QED) is 0.775. The molecule has 3 atom stereocenters. The predicted octanol–water partition coefficient (Wildman–Crippen LogP) is 3.14. The van der Waals surface area contributed by atoms with Crippen molar-refractivity contribution in [1.82, 2.24) is 0 Å². The van der Waals surface area contributed by atoms with Gasteiger partial charge in [0, 0.05) is 17.4 Å². The Labute approximate surface area is 142 Å². The molecule has 0 spiro atoms. The van der Waals surface area contributed by atoms with E-state index < -0.39 is 0 Å². The molecule has 130 valence electrons. The van der Waals surface area contributed by atoms with Crippen LogP contribution < -0.4 is 9.47 Å². The van der Waals surface area contributed by atoms with Gasteiger partial charge in [0.1, 0.15) is 23.9 Å². The van der Waals surface area contributed by atoms with E-state index in [-0.39, 0.29) is 30.3 Å². The second-order valence-corrected chi connectivity index (χ2v) is 6.68. The number of methoxy groups -OCH3 is 2. The molecule has 24 heavy (non-hydrogen) atoms. The van der Waals surface area contributed by atoms with Crippen molar-refractivity contribution < 1.29 is 23.8 Å². The number of Topliss-reactive ketones (excluding diaryl/α,β-unsaturated/α-hetero) is 1. The topological polar surface area (TPSA) is 61.8 Å². The lowest BCUT2D eigenvalue weighted by molar-refractivity contribution is -0.154. The molecule has 0 aromatic heterocycles. The Morgan fingerprint density at radius 1 is 1.12 bits per heavy atom. The summed E-state index contributed by atoms with van der Waals surface area (Å²) in [4.78, 5) is 24.6. The summed E-state index contributed by atoms with van der Waals surface area (Å²) in [6.07, 6.45) is 4.22. The molecular weight excluding hydrogens is 308 g/mol. The number of carbonyl (C=O) groups excluding carboxylic acids is 2. The second kappa shape index (κ2) is 7.24. The first-order valence-electron chi connectivity index (χ1n) is 8.53. The Bertz CT molecular complexity index is 608. The molecular formula is C19H24O5. The van der Waals surface area contributed by atoms with E-state index in [1.54, 1.807) is 26.4 Å². The van der Waals surface area contributed by atoms with Crippen LogP contribution >= 0.6 is 0 Å². The summed E-state index contributed by atoms with van der Waals surface area (Å²) in [7, 11) is 3.18. The van der Waals surface area contributed by atoms with E-state index in [4.69, 9.17) is 14.2 Å². The minimum atomic E-state index is -0.204. The van der Waals surface area contributed by atoms with Gasteiger partial charge in [-0.05, 0) is 43.9 Å². The van der Waals surface area contributed by atoms with E-state index in [0.29, 0.717) is 30.1 Å². The van der Waals surface area contributed by atoms with Crippen LogP contribution in [0.25, 0.3) is 0 Å². The van der Waals surface area contributed by atoms with Crippen molar-refractivity contribution in [3.8, 4) is 11.5 Å². The van der Waals surface area contributed by atoms with Gasteiger partial charge in [0.2, 0.25) is 0 Å². The molecule has 5 nitrogen and oxygen atoms in total. The van der Waals surface area contributed by atoms with Gasteiger partial charge in [-0.3, -0.25) is 9.59 Å². The van der Waals surface area contributed by atoms with Gasteiger partial charge in [-0.2, -0.15) is 0 Å². The highest BCUT2D eigenvalue weighted by molar-refractivity contribution is 5.87. The van der Waals surface area contributed by atoms with Gasteiger partial charge >= 0.3 is 5.97 Å². The minimum Gasteiger partial charge on any atom is -0.497 e.